The molecule has 0 bridgehead atoms. The molecule has 1 aliphatic rings. The van der Waals surface area contributed by atoms with Crippen LogP contribution >= 0.6 is 0 Å². The molecule has 1 aromatic carbocycles. The molecule has 1 aliphatic heterocycles. The van der Waals surface area contributed by atoms with Gasteiger partial charge in [0.05, 0.1) is 12.5 Å². The first-order valence-corrected chi connectivity index (χ1v) is 6.31. The highest BCUT2D eigenvalue weighted by Gasteiger charge is 2.40. The number of hydrogen-bond donors (Lipinski definition) is 1. The second kappa shape index (κ2) is 5.84. The number of amides is 1. The van der Waals surface area contributed by atoms with Crippen molar-refractivity contribution in [2.24, 2.45) is 5.92 Å². The van der Waals surface area contributed by atoms with Crippen LogP contribution in [0.2, 0.25) is 0 Å². The van der Waals surface area contributed by atoms with Gasteiger partial charge >= 0.3 is 5.97 Å². The van der Waals surface area contributed by atoms with E-state index in [2.05, 4.69) is 5.32 Å². The van der Waals surface area contributed by atoms with Crippen LogP contribution in [-0.2, 0) is 19.1 Å². The van der Waals surface area contributed by atoms with Crippen molar-refractivity contribution in [3.63, 3.8) is 0 Å². The smallest absolute Gasteiger partial charge is 0.336 e. The highest BCUT2D eigenvalue weighted by Crippen LogP contribution is 2.25. The molecular weight excluding hydrogens is 246 g/mol. The zero-order valence-electron chi connectivity index (χ0n) is 11.0. The molecule has 1 amide bonds. The number of benzene rings is 1. The number of ether oxygens (including phenoxy) is 2. The van der Waals surface area contributed by atoms with Crippen molar-refractivity contribution in [3.8, 4) is 0 Å². The van der Waals surface area contributed by atoms with Gasteiger partial charge in [-0.3, -0.25) is 4.79 Å². The summed E-state index contributed by atoms with van der Waals surface area (Å²) in [6.45, 7) is 3.64. The zero-order valence-corrected chi connectivity index (χ0v) is 11.0. The summed E-state index contributed by atoms with van der Waals surface area (Å²) < 4.78 is 10.6. The van der Waals surface area contributed by atoms with E-state index in [-0.39, 0.29) is 12.5 Å². The van der Waals surface area contributed by atoms with Gasteiger partial charge in [-0.05, 0) is 6.92 Å². The third-order valence-corrected chi connectivity index (χ3v) is 3.04. The number of nitrogens with one attached hydrogen (secondary N) is 1. The Morgan fingerprint density at radius 1 is 1.37 bits per heavy atom. The van der Waals surface area contributed by atoms with Gasteiger partial charge in [0.25, 0.3) is 0 Å². The Morgan fingerprint density at radius 3 is 2.68 bits per heavy atom. The van der Waals surface area contributed by atoms with Crippen LogP contribution in [0.3, 0.4) is 0 Å². The lowest BCUT2D eigenvalue weighted by atomic mass is 10.0. The molecule has 0 spiro atoms. The maximum Gasteiger partial charge on any atom is 0.336 e. The molecule has 5 nitrogen and oxygen atoms in total. The van der Waals surface area contributed by atoms with Gasteiger partial charge in [0.2, 0.25) is 5.91 Å². The SMILES string of the molecule is CCOC(=O)[C@H]1O[C@@H](c2ccccc2)NC(=O)[C@H]1C. The molecule has 5 heteroatoms. The van der Waals surface area contributed by atoms with Gasteiger partial charge < -0.3 is 14.8 Å². The lowest BCUT2D eigenvalue weighted by Crippen LogP contribution is -2.50. The van der Waals surface area contributed by atoms with E-state index in [1.165, 1.54) is 0 Å². The molecule has 0 saturated carbocycles. The maximum absolute atomic E-state index is 11.9. The molecule has 0 radical (unpaired) electrons. The van der Waals surface area contributed by atoms with Gasteiger partial charge in [-0.2, -0.15) is 0 Å². The predicted octanol–water partition coefficient (Wildman–Crippen LogP) is 1.40. The minimum atomic E-state index is -0.862. The first-order valence-electron chi connectivity index (χ1n) is 6.31. The predicted molar refractivity (Wildman–Crippen MR) is 68.0 cm³/mol. The Balaban J connectivity index is 2.17. The minimum Gasteiger partial charge on any atom is -0.464 e. The standard InChI is InChI=1S/C14H17NO4/c1-3-18-14(17)11-9(2)12(16)15-13(19-11)10-7-5-4-6-8-10/h4-9,11,13H,3H2,1-2H3,(H,15,16)/t9-,11-,13-/m0/s1. The average molecular weight is 263 g/mol. The number of rotatable bonds is 3. The summed E-state index contributed by atoms with van der Waals surface area (Å²) in [5.41, 5.74) is 0.803. The molecule has 0 unspecified atom stereocenters. The van der Waals surface area contributed by atoms with Crippen LogP contribution in [0.1, 0.15) is 25.6 Å². The van der Waals surface area contributed by atoms with Gasteiger partial charge in [-0.25, -0.2) is 4.79 Å². The number of carbonyl (C=O) groups is 2. The molecule has 1 N–H and O–H groups in total. The minimum absolute atomic E-state index is 0.210. The van der Waals surface area contributed by atoms with Crippen molar-refractivity contribution in [3.05, 3.63) is 35.9 Å². The second-order valence-electron chi connectivity index (χ2n) is 4.40. The molecule has 19 heavy (non-hydrogen) atoms. The summed E-state index contributed by atoms with van der Waals surface area (Å²) in [7, 11) is 0. The van der Waals surface area contributed by atoms with Crippen LogP contribution in [0, 0.1) is 5.92 Å². The normalized spacial score (nSPS) is 26.6. The average Bonchev–Trinajstić information content (AvgIpc) is 2.43. The van der Waals surface area contributed by atoms with Crippen molar-refractivity contribution >= 4 is 11.9 Å². The van der Waals surface area contributed by atoms with E-state index < -0.39 is 24.2 Å². The third-order valence-electron chi connectivity index (χ3n) is 3.04. The molecule has 1 saturated heterocycles. The van der Waals surface area contributed by atoms with Crippen molar-refractivity contribution in [1.29, 1.82) is 0 Å². The monoisotopic (exact) mass is 263 g/mol. The summed E-state index contributed by atoms with van der Waals surface area (Å²) >= 11 is 0. The topological polar surface area (TPSA) is 64.6 Å². The highest BCUT2D eigenvalue weighted by molar-refractivity contribution is 5.87. The lowest BCUT2D eigenvalue weighted by Gasteiger charge is -2.33. The molecule has 1 aromatic rings. The Bertz CT molecular complexity index is 460. The number of carbonyl (C=O) groups excluding carboxylic acids is 2. The van der Waals surface area contributed by atoms with Crippen molar-refractivity contribution < 1.29 is 19.1 Å². The Kier molecular flexibility index (Phi) is 4.16. The van der Waals surface area contributed by atoms with Crippen LogP contribution in [0.25, 0.3) is 0 Å². The Morgan fingerprint density at radius 2 is 2.05 bits per heavy atom. The fourth-order valence-electron chi connectivity index (χ4n) is 1.97. The fraction of sp³-hybridized carbons (Fsp3) is 0.429. The van der Waals surface area contributed by atoms with Gasteiger partial charge in [0, 0.05) is 5.56 Å². The molecule has 102 valence electrons. The molecular formula is C14H17NO4. The molecule has 1 fully saturated rings. The van der Waals surface area contributed by atoms with E-state index in [1.54, 1.807) is 13.8 Å². The largest absolute Gasteiger partial charge is 0.464 e. The van der Waals surface area contributed by atoms with E-state index in [1.807, 2.05) is 30.3 Å². The maximum atomic E-state index is 11.9. The van der Waals surface area contributed by atoms with Gasteiger partial charge in [0.1, 0.15) is 0 Å². The summed E-state index contributed by atoms with van der Waals surface area (Å²) in [6.07, 6.45) is -1.47. The first-order chi connectivity index (χ1) is 9.13. The Labute approximate surface area is 111 Å². The van der Waals surface area contributed by atoms with Crippen molar-refractivity contribution in [1.82, 2.24) is 5.32 Å². The van der Waals surface area contributed by atoms with E-state index in [4.69, 9.17) is 9.47 Å². The van der Waals surface area contributed by atoms with Gasteiger partial charge in [-0.1, -0.05) is 37.3 Å². The Hall–Kier alpha value is -1.88. The van der Waals surface area contributed by atoms with Gasteiger partial charge in [0.15, 0.2) is 12.3 Å². The van der Waals surface area contributed by atoms with Crippen LogP contribution in [0.4, 0.5) is 0 Å². The van der Waals surface area contributed by atoms with Crippen LogP contribution < -0.4 is 5.32 Å². The molecule has 0 aliphatic carbocycles. The van der Waals surface area contributed by atoms with E-state index in [0.29, 0.717) is 0 Å². The molecule has 0 aromatic heterocycles. The quantitative estimate of drug-likeness (QED) is 0.837. The van der Waals surface area contributed by atoms with Crippen LogP contribution in [0.5, 0.6) is 0 Å². The van der Waals surface area contributed by atoms with Crippen LogP contribution in [-0.4, -0.2) is 24.6 Å². The molecule has 1 heterocycles. The van der Waals surface area contributed by atoms with E-state index in [9.17, 15) is 9.59 Å². The molecule has 2 rings (SSSR count). The van der Waals surface area contributed by atoms with Gasteiger partial charge in [-0.15, -0.1) is 0 Å². The summed E-state index contributed by atoms with van der Waals surface area (Å²) in [5, 5.41) is 2.74. The van der Waals surface area contributed by atoms with E-state index in [0.717, 1.165) is 5.56 Å². The first kappa shape index (κ1) is 13.5. The summed E-state index contributed by atoms with van der Waals surface area (Å²) in [4.78, 5) is 23.7. The highest BCUT2D eigenvalue weighted by atomic mass is 16.6. The number of esters is 1. The fourth-order valence-corrected chi connectivity index (χ4v) is 1.97. The van der Waals surface area contributed by atoms with Crippen molar-refractivity contribution in [2.75, 3.05) is 6.61 Å². The lowest BCUT2D eigenvalue weighted by molar-refractivity contribution is -0.179. The third kappa shape index (κ3) is 2.93. The molecule has 3 atom stereocenters. The number of hydrogen-bond acceptors (Lipinski definition) is 4. The summed E-state index contributed by atoms with van der Waals surface area (Å²) in [6, 6.07) is 9.25. The van der Waals surface area contributed by atoms with E-state index >= 15 is 0 Å². The summed E-state index contributed by atoms with van der Waals surface area (Å²) in [5.74, 6) is -1.26. The van der Waals surface area contributed by atoms with Crippen molar-refractivity contribution in [2.45, 2.75) is 26.2 Å². The zero-order chi connectivity index (χ0) is 13.8. The van der Waals surface area contributed by atoms with Crippen LogP contribution in [0.15, 0.2) is 30.3 Å². The second-order valence-corrected chi connectivity index (χ2v) is 4.40.